The predicted molar refractivity (Wildman–Crippen MR) is 67.8 cm³/mol. The fourth-order valence-electron chi connectivity index (χ4n) is 1.20. The van der Waals surface area contributed by atoms with Crippen molar-refractivity contribution in [2.45, 2.75) is 0 Å². The first-order valence-corrected chi connectivity index (χ1v) is 5.77. The summed E-state index contributed by atoms with van der Waals surface area (Å²) in [7, 11) is 0. The zero-order valence-corrected chi connectivity index (χ0v) is 10.8. The number of aromatic nitrogens is 1. The largest absolute Gasteiger partial charge is 0.454 e. The average Bonchev–Trinajstić information content (AvgIpc) is 2.28. The third kappa shape index (κ3) is 2.68. The third-order valence-corrected chi connectivity index (χ3v) is 2.85. The van der Waals surface area contributed by atoms with Gasteiger partial charge in [0.15, 0.2) is 5.75 Å². The number of pyridine rings is 1. The number of benzene rings is 1. The third-order valence-electron chi connectivity index (χ3n) is 1.99. The maximum atomic E-state index is 13.0. The number of halogens is 3. The minimum absolute atomic E-state index is 0.00810. The molecule has 17 heavy (non-hydrogen) atoms. The average molecular weight is 318 g/mol. The molecule has 0 spiro atoms. The minimum atomic E-state index is -0.499. The number of hydrogen-bond donors (Lipinski definition) is 1. The Morgan fingerprint density at radius 2 is 2.12 bits per heavy atom. The topological polar surface area (TPSA) is 48.1 Å². The highest BCUT2D eigenvalue weighted by Gasteiger charge is 2.09. The van der Waals surface area contributed by atoms with Gasteiger partial charge in [-0.15, -0.1) is 0 Å². The van der Waals surface area contributed by atoms with Crippen molar-refractivity contribution < 1.29 is 9.13 Å². The molecule has 0 radical (unpaired) electrons. The van der Waals surface area contributed by atoms with E-state index in [9.17, 15) is 4.39 Å². The van der Waals surface area contributed by atoms with Gasteiger partial charge in [0.05, 0.1) is 21.4 Å². The second-order valence-electron chi connectivity index (χ2n) is 3.22. The van der Waals surface area contributed by atoms with Crippen LogP contribution >= 0.6 is 27.5 Å². The van der Waals surface area contributed by atoms with Gasteiger partial charge in [-0.2, -0.15) is 0 Å². The van der Waals surface area contributed by atoms with Crippen LogP contribution in [0, 0.1) is 5.82 Å². The molecular formula is C11H7BrClFN2O. The van der Waals surface area contributed by atoms with Crippen molar-refractivity contribution in [1.29, 1.82) is 0 Å². The van der Waals surface area contributed by atoms with Gasteiger partial charge in [0.25, 0.3) is 0 Å². The Kier molecular flexibility index (Phi) is 3.49. The molecule has 1 aromatic carbocycles. The van der Waals surface area contributed by atoms with Crippen LogP contribution in [-0.2, 0) is 0 Å². The van der Waals surface area contributed by atoms with Gasteiger partial charge in [0, 0.05) is 12.3 Å². The summed E-state index contributed by atoms with van der Waals surface area (Å²) in [5.74, 6) is 0.318. The lowest BCUT2D eigenvalue weighted by Crippen LogP contribution is -1.94. The molecule has 2 aromatic rings. The summed E-state index contributed by atoms with van der Waals surface area (Å²) in [5.41, 5.74) is 6.09. The van der Waals surface area contributed by atoms with Crippen LogP contribution in [0.3, 0.4) is 0 Å². The van der Waals surface area contributed by atoms with Crippen molar-refractivity contribution in [3.8, 4) is 11.5 Å². The van der Waals surface area contributed by atoms with Gasteiger partial charge in [0.1, 0.15) is 11.6 Å². The number of nitrogen functional groups attached to an aromatic ring is 1. The van der Waals surface area contributed by atoms with E-state index in [0.29, 0.717) is 21.7 Å². The predicted octanol–water partition coefficient (Wildman–Crippen LogP) is 4.01. The van der Waals surface area contributed by atoms with Crippen LogP contribution in [0.1, 0.15) is 0 Å². The molecule has 0 aliphatic carbocycles. The van der Waals surface area contributed by atoms with Crippen molar-refractivity contribution >= 4 is 33.2 Å². The van der Waals surface area contributed by atoms with E-state index in [0.717, 1.165) is 0 Å². The number of anilines is 1. The molecule has 2 rings (SSSR count). The summed E-state index contributed by atoms with van der Waals surface area (Å²) in [6.07, 6.45) is 3.02. The van der Waals surface area contributed by atoms with E-state index in [1.807, 2.05) is 0 Å². The lowest BCUT2D eigenvalue weighted by atomic mass is 10.3. The number of hydrogen-bond acceptors (Lipinski definition) is 3. The summed E-state index contributed by atoms with van der Waals surface area (Å²) >= 11 is 8.91. The molecule has 0 unspecified atom stereocenters. The fraction of sp³-hybridized carbons (Fsp3) is 0. The first-order chi connectivity index (χ1) is 8.08. The summed E-state index contributed by atoms with van der Waals surface area (Å²) < 4.78 is 19.1. The zero-order valence-electron chi connectivity index (χ0n) is 8.45. The molecular weight excluding hydrogens is 310 g/mol. The molecule has 0 fully saturated rings. The van der Waals surface area contributed by atoms with E-state index in [1.165, 1.54) is 24.4 Å². The standard InChI is InChI=1S/C11H7BrClFN2O/c12-7-4-16-5-10(15)11(7)17-6-1-2-9(14)8(13)3-6/h1-5H,15H2. The van der Waals surface area contributed by atoms with Gasteiger partial charge in [-0.05, 0) is 28.1 Å². The van der Waals surface area contributed by atoms with Crippen LogP contribution < -0.4 is 10.5 Å². The van der Waals surface area contributed by atoms with Crippen molar-refractivity contribution in [3.63, 3.8) is 0 Å². The number of ether oxygens (including phenoxy) is 1. The highest BCUT2D eigenvalue weighted by molar-refractivity contribution is 9.10. The Hall–Kier alpha value is -1.33. The monoisotopic (exact) mass is 316 g/mol. The molecule has 2 N–H and O–H groups in total. The molecule has 0 amide bonds. The summed E-state index contributed by atoms with van der Waals surface area (Å²) in [5, 5.41) is -0.00810. The summed E-state index contributed by atoms with van der Waals surface area (Å²) in [6.45, 7) is 0. The Labute approximate surface area is 110 Å². The molecule has 6 heteroatoms. The molecule has 1 aromatic heterocycles. The molecule has 0 saturated carbocycles. The highest BCUT2D eigenvalue weighted by atomic mass is 79.9. The zero-order chi connectivity index (χ0) is 12.4. The highest BCUT2D eigenvalue weighted by Crippen LogP contribution is 2.35. The maximum absolute atomic E-state index is 13.0. The molecule has 0 bridgehead atoms. The fourth-order valence-corrected chi connectivity index (χ4v) is 1.80. The van der Waals surface area contributed by atoms with E-state index in [1.54, 1.807) is 6.20 Å². The van der Waals surface area contributed by atoms with Crippen molar-refractivity contribution in [3.05, 3.63) is 45.9 Å². The molecule has 88 valence electrons. The maximum Gasteiger partial charge on any atom is 0.167 e. The molecule has 0 saturated heterocycles. The van der Waals surface area contributed by atoms with E-state index in [-0.39, 0.29) is 5.02 Å². The molecule has 0 aliphatic rings. The van der Waals surface area contributed by atoms with Gasteiger partial charge in [-0.3, -0.25) is 4.98 Å². The SMILES string of the molecule is Nc1cncc(Br)c1Oc1ccc(F)c(Cl)c1. The minimum Gasteiger partial charge on any atom is -0.454 e. The van der Waals surface area contributed by atoms with Crippen LogP contribution in [0.4, 0.5) is 10.1 Å². The van der Waals surface area contributed by atoms with Crippen LogP contribution in [0.15, 0.2) is 35.1 Å². The lowest BCUT2D eigenvalue weighted by Gasteiger charge is -2.10. The van der Waals surface area contributed by atoms with E-state index in [4.69, 9.17) is 22.1 Å². The number of rotatable bonds is 2. The van der Waals surface area contributed by atoms with Crippen molar-refractivity contribution in [2.75, 3.05) is 5.73 Å². The van der Waals surface area contributed by atoms with E-state index in [2.05, 4.69) is 20.9 Å². The Bertz CT molecular complexity index is 545. The van der Waals surface area contributed by atoms with Gasteiger partial charge in [0.2, 0.25) is 0 Å². The van der Waals surface area contributed by atoms with Crippen LogP contribution in [0.2, 0.25) is 5.02 Å². The smallest absolute Gasteiger partial charge is 0.167 e. The second kappa shape index (κ2) is 4.89. The van der Waals surface area contributed by atoms with Crippen LogP contribution in [-0.4, -0.2) is 4.98 Å². The summed E-state index contributed by atoms with van der Waals surface area (Å²) in [4.78, 5) is 3.88. The Morgan fingerprint density at radius 3 is 2.76 bits per heavy atom. The Balaban J connectivity index is 2.35. The van der Waals surface area contributed by atoms with Crippen molar-refractivity contribution in [2.24, 2.45) is 0 Å². The second-order valence-corrected chi connectivity index (χ2v) is 4.48. The van der Waals surface area contributed by atoms with Crippen molar-refractivity contribution in [1.82, 2.24) is 4.98 Å². The quantitative estimate of drug-likeness (QED) is 0.910. The molecule has 0 aliphatic heterocycles. The van der Waals surface area contributed by atoms with Gasteiger partial charge >= 0.3 is 0 Å². The molecule has 1 heterocycles. The number of nitrogens with two attached hydrogens (primary N) is 1. The van der Waals surface area contributed by atoms with E-state index < -0.39 is 5.82 Å². The molecule has 0 atom stereocenters. The van der Waals surface area contributed by atoms with Crippen LogP contribution in [0.5, 0.6) is 11.5 Å². The van der Waals surface area contributed by atoms with Crippen LogP contribution in [0.25, 0.3) is 0 Å². The summed E-state index contributed by atoms with van der Waals surface area (Å²) in [6, 6.07) is 4.07. The lowest BCUT2D eigenvalue weighted by molar-refractivity contribution is 0.479. The number of nitrogens with zero attached hydrogens (tertiary/aromatic N) is 1. The Morgan fingerprint density at radius 1 is 1.35 bits per heavy atom. The molecule has 3 nitrogen and oxygen atoms in total. The normalized spacial score (nSPS) is 10.3. The first kappa shape index (κ1) is 12.1. The first-order valence-electron chi connectivity index (χ1n) is 4.60. The van der Waals surface area contributed by atoms with Gasteiger partial charge in [-0.1, -0.05) is 11.6 Å². The van der Waals surface area contributed by atoms with E-state index >= 15 is 0 Å². The van der Waals surface area contributed by atoms with Gasteiger partial charge < -0.3 is 10.5 Å². The van der Waals surface area contributed by atoms with Gasteiger partial charge in [-0.25, -0.2) is 4.39 Å².